The minimum atomic E-state index is -1.26. The summed E-state index contributed by atoms with van der Waals surface area (Å²) in [4.78, 5) is 19.1. The highest BCUT2D eigenvalue weighted by Crippen LogP contribution is 2.00. The molecule has 0 radical (unpaired) electrons. The largest absolute Gasteiger partial charge is 0.478 e. The molecule has 0 fully saturated rings. The van der Waals surface area contributed by atoms with E-state index in [4.69, 9.17) is 10.2 Å². The van der Waals surface area contributed by atoms with Crippen LogP contribution in [0.2, 0.25) is 0 Å². The maximum atomic E-state index is 9.59. The van der Waals surface area contributed by atoms with Gasteiger partial charge in [0, 0.05) is 12.2 Å². The van der Waals surface area contributed by atoms with Gasteiger partial charge in [0.1, 0.15) is 13.3 Å². The van der Waals surface area contributed by atoms with E-state index in [1.807, 2.05) is 0 Å². The summed E-state index contributed by atoms with van der Waals surface area (Å²) >= 11 is 0. The van der Waals surface area contributed by atoms with E-state index in [-0.39, 0.29) is 0 Å². The molecule has 0 amide bonds. The Hall–Kier alpha value is -1.22. The van der Waals surface area contributed by atoms with Crippen LogP contribution in [0.4, 0.5) is 0 Å². The summed E-state index contributed by atoms with van der Waals surface area (Å²) in [6.45, 7) is 3.35. The Morgan fingerprint density at radius 2 is 1.25 bits per heavy atom. The molecule has 0 saturated carbocycles. The Balaban J connectivity index is 0. The highest BCUT2D eigenvalue weighted by atomic mass is 31.1. The molecule has 0 rings (SSSR count). The van der Waals surface area contributed by atoms with Gasteiger partial charge in [0.2, 0.25) is 0 Å². The minimum absolute atomic E-state index is 0.558. The zero-order valence-electron chi connectivity index (χ0n) is 6.72. The Labute approximate surface area is 70.5 Å². The van der Waals surface area contributed by atoms with Gasteiger partial charge in [-0.25, -0.2) is 9.59 Å². The summed E-state index contributed by atoms with van der Waals surface area (Å²) in [5, 5.41) is 15.6. The summed E-state index contributed by atoms with van der Waals surface area (Å²) in [6.07, 6.45) is 1.12. The predicted molar refractivity (Wildman–Crippen MR) is 43.9 cm³/mol. The predicted octanol–water partition coefficient (Wildman–Crippen LogP) is 0.785. The number of hydrogen-bond acceptors (Lipinski definition) is 3. The van der Waals surface area contributed by atoms with Crippen LogP contribution >= 0.6 is 7.80 Å². The van der Waals surface area contributed by atoms with Gasteiger partial charge < -0.3 is 10.2 Å². The van der Waals surface area contributed by atoms with E-state index in [0.717, 1.165) is 0 Å². The van der Waals surface area contributed by atoms with Gasteiger partial charge in [-0.05, 0) is 0 Å². The van der Waals surface area contributed by atoms with Gasteiger partial charge in [-0.2, -0.15) is 0 Å². The molecule has 0 aliphatic heterocycles. The molecule has 0 aromatic carbocycles. The van der Waals surface area contributed by atoms with E-state index in [2.05, 4.69) is 0 Å². The Kier molecular flexibility index (Phi) is 8.79. The summed E-state index contributed by atoms with van der Waals surface area (Å²) in [5.74, 6) is -2.51. The Bertz CT molecular complexity index is 188. The van der Waals surface area contributed by atoms with Gasteiger partial charge in [0.25, 0.3) is 0 Å². The van der Waals surface area contributed by atoms with Crippen molar-refractivity contribution in [2.45, 2.75) is 0 Å². The minimum Gasteiger partial charge on any atom is -0.478 e. The molecule has 0 saturated heterocycles. The molecule has 5 nitrogen and oxygen atoms in total. The van der Waals surface area contributed by atoms with Gasteiger partial charge in [-0.15, -0.1) is 0 Å². The standard InChI is InChI=1S/C4H4O4.C2H6OP/c5-3(6)1-2-4(7)8;1-4(2)3/h1-2H,(H,5,6)(H,7,8);1-2H3/q;+1/b2-1+;. The lowest BCUT2D eigenvalue weighted by Gasteiger charge is -1.74. The van der Waals surface area contributed by atoms with Crippen LogP contribution in [-0.2, 0) is 14.2 Å². The number of hydrogen-bond donors (Lipinski definition) is 2. The SMILES string of the molecule is C[P+](C)=O.O=C(O)/C=C/C(=O)O. The summed E-state index contributed by atoms with van der Waals surface area (Å²) in [6, 6.07) is 0. The van der Waals surface area contributed by atoms with Crippen LogP contribution in [-0.4, -0.2) is 35.5 Å². The first-order valence-corrected chi connectivity index (χ1v) is 5.00. The number of rotatable bonds is 2. The van der Waals surface area contributed by atoms with E-state index in [0.29, 0.717) is 12.2 Å². The van der Waals surface area contributed by atoms with Crippen molar-refractivity contribution in [3.05, 3.63) is 12.2 Å². The van der Waals surface area contributed by atoms with E-state index in [9.17, 15) is 14.2 Å². The van der Waals surface area contributed by atoms with E-state index < -0.39 is 19.7 Å². The number of carboxylic acids is 2. The maximum Gasteiger partial charge on any atom is 0.332 e. The normalized spacial score (nSPS) is 8.50. The number of aliphatic carboxylic acids is 2. The van der Waals surface area contributed by atoms with Crippen molar-refractivity contribution in [1.29, 1.82) is 0 Å². The van der Waals surface area contributed by atoms with Crippen molar-refractivity contribution in [3.8, 4) is 0 Å². The zero-order chi connectivity index (χ0) is 10.1. The highest BCUT2D eigenvalue weighted by molar-refractivity contribution is 7.42. The van der Waals surface area contributed by atoms with Gasteiger partial charge in [0.05, 0.1) is 0 Å². The summed E-state index contributed by atoms with van der Waals surface area (Å²) < 4.78 is 9.59. The van der Waals surface area contributed by atoms with Gasteiger partial charge in [-0.3, -0.25) is 0 Å². The van der Waals surface area contributed by atoms with Gasteiger partial charge >= 0.3 is 19.7 Å². The molecule has 0 aliphatic carbocycles. The molecule has 0 unspecified atom stereocenters. The molecule has 0 heterocycles. The molecule has 0 aromatic rings. The van der Waals surface area contributed by atoms with Crippen LogP contribution in [0.1, 0.15) is 0 Å². The lowest BCUT2D eigenvalue weighted by atomic mass is 10.5. The highest BCUT2D eigenvalue weighted by Gasteiger charge is 1.88. The second kappa shape index (κ2) is 7.88. The first-order chi connectivity index (χ1) is 5.36. The lowest BCUT2D eigenvalue weighted by Crippen LogP contribution is -1.91. The van der Waals surface area contributed by atoms with Crippen molar-refractivity contribution < 1.29 is 24.4 Å². The third-order valence-electron chi connectivity index (χ3n) is 0.368. The van der Waals surface area contributed by atoms with Gasteiger partial charge in [0.15, 0.2) is 0 Å². The second-order valence-corrected chi connectivity index (χ2v) is 3.45. The summed E-state index contributed by atoms with van der Waals surface area (Å²) in [5.41, 5.74) is 0. The molecule has 6 heteroatoms. The molecule has 0 aliphatic rings. The molecule has 2 N–H and O–H groups in total. The fourth-order valence-electron chi connectivity index (χ4n) is 0.143. The van der Waals surface area contributed by atoms with Crippen molar-refractivity contribution in [2.24, 2.45) is 0 Å². The Morgan fingerprint density at radius 1 is 1.08 bits per heavy atom. The molecular weight excluding hydrogens is 183 g/mol. The lowest BCUT2D eigenvalue weighted by molar-refractivity contribution is -0.134. The topological polar surface area (TPSA) is 91.7 Å². The van der Waals surface area contributed by atoms with Crippen molar-refractivity contribution in [3.63, 3.8) is 0 Å². The van der Waals surface area contributed by atoms with Crippen LogP contribution in [0, 0.1) is 0 Å². The zero-order valence-corrected chi connectivity index (χ0v) is 7.62. The quantitative estimate of drug-likeness (QED) is 0.499. The molecule has 12 heavy (non-hydrogen) atoms. The van der Waals surface area contributed by atoms with E-state index >= 15 is 0 Å². The summed E-state index contributed by atoms with van der Waals surface area (Å²) in [7, 11) is -0.870. The van der Waals surface area contributed by atoms with Crippen molar-refractivity contribution in [2.75, 3.05) is 13.3 Å². The van der Waals surface area contributed by atoms with Crippen LogP contribution in [0.3, 0.4) is 0 Å². The molecule has 0 aromatic heterocycles. The molecular formula is C6H10O5P+. The number of carboxylic acid groups (broad SMARTS) is 2. The monoisotopic (exact) mass is 193 g/mol. The van der Waals surface area contributed by atoms with Crippen LogP contribution in [0.5, 0.6) is 0 Å². The third-order valence-corrected chi connectivity index (χ3v) is 0.368. The van der Waals surface area contributed by atoms with Crippen molar-refractivity contribution in [1.82, 2.24) is 0 Å². The fourth-order valence-corrected chi connectivity index (χ4v) is 0.143. The smallest absolute Gasteiger partial charge is 0.332 e. The van der Waals surface area contributed by atoms with Crippen LogP contribution < -0.4 is 0 Å². The second-order valence-electron chi connectivity index (χ2n) is 1.82. The van der Waals surface area contributed by atoms with Crippen molar-refractivity contribution >= 4 is 19.7 Å². The third kappa shape index (κ3) is 37.2. The van der Waals surface area contributed by atoms with E-state index in [1.165, 1.54) is 0 Å². The van der Waals surface area contributed by atoms with Crippen LogP contribution in [0.15, 0.2) is 12.2 Å². The number of carbonyl (C=O) groups is 2. The van der Waals surface area contributed by atoms with Crippen LogP contribution in [0.25, 0.3) is 0 Å². The first-order valence-electron chi connectivity index (χ1n) is 2.84. The average molecular weight is 193 g/mol. The van der Waals surface area contributed by atoms with E-state index in [1.54, 1.807) is 13.3 Å². The van der Waals surface area contributed by atoms with Gasteiger partial charge in [-0.1, -0.05) is 4.57 Å². The molecule has 0 spiro atoms. The molecule has 0 atom stereocenters. The molecule has 68 valence electrons. The Morgan fingerprint density at radius 3 is 1.33 bits per heavy atom. The maximum absolute atomic E-state index is 9.59. The first kappa shape index (κ1) is 13.4. The molecule has 0 bridgehead atoms. The average Bonchev–Trinajstić information content (AvgIpc) is 1.82. The fraction of sp³-hybridized carbons (Fsp3) is 0.333.